The van der Waals surface area contributed by atoms with Gasteiger partial charge in [-0.25, -0.2) is 0 Å². The van der Waals surface area contributed by atoms with Crippen molar-refractivity contribution >= 4 is 5.78 Å². The molecule has 0 saturated heterocycles. The summed E-state index contributed by atoms with van der Waals surface area (Å²) in [6, 6.07) is 0. The number of rotatable bonds is 0. The van der Waals surface area contributed by atoms with E-state index >= 15 is 0 Å². The molecule has 0 amide bonds. The SMILES string of the molecule is C=C1CCC[C@@]2(C)/C=C\C3=C(C)C(=O)C[C@@H](C[C@H]12)C3(C)C. The highest BCUT2D eigenvalue weighted by molar-refractivity contribution is 5.97. The molecule has 0 spiro atoms. The molecule has 0 aliphatic heterocycles. The first-order valence-electron chi connectivity index (χ1n) is 8.37. The molecule has 3 aliphatic rings. The minimum Gasteiger partial charge on any atom is -0.295 e. The zero-order valence-corrected chi connectivity index (χ0v) is 14.0. The van der Waals surface area contributed by atoms with Crippen LogP contribution in [0.4, 0.5) is 0 Å². The molecule has 1 nitrogen and oxygen atoms in total. The molecule has 1 saturated carbocycles. The number of carbonyl (C=O) groups is 1. The van der Waals surface area contributed by atoms with Crippen molar-refractivity contribution in [3.8, 4) is 0 Å². The average Bonchev–Trinajstić information content (AvgIpc) is 2.39. The lowest BCUT2D eigenvalue weighted by Crippen LogP contribution is -2.41. The van der Waals surface area contributed by atoms with Crippen LogP contribution in [-0.2, 0) is 4.79 Å². The predicted molar refractivity (Wildman–Crippen MR) is 87.9 cm³/mol. The molecule has 3 rings (SSSR count). The van der Waals surface area contributed by atoms with E-state index in [4.69, 9.17) is 0 Å². The molecular formula is C20H28O. The topological polar surface area (TPSA) is 17.1 Å². The molecule has 0 unspecified atom stereocenters. The first-order chi connectivity index (χ1) is 9.75. The Hall–Kier alpha value is -1.11. The molecular weight excluding hydrogens is 256 g/mol. The van der Waals surface area contributed by atoms with Crippen molar-refractivity contribution in [2.24, 2.45) is 22.7 Å². The van der Waals surface area contributed by atoms with Crippen LogP contribution < -0.4 is 0 Å². The fourth-order valence-electron chi connectivity index (χ4n) is 4.91. The largest absolute Gasteiger partial charge is 0.295 e. The lowest BCUT2D eigenvalue weighted by molar-refractivity contribution is -0.118. The van der Waals surface area contributed by atoms with Gasteiger partial charge in [-0.15, -0.1) is 0 Å². The van der Waals surface area contributed by atoms with E-state index in [0.29, 0.717) is 17.6 Å². The van der Waals surface area contributed by atoms with Gasteiger partial charge < -0.3 is 0 Å². The van der Waals surface area contributed by atoms with Gasteiger partial charge in [0.25, 0.3) is 0 Å². The number of fused-ring (bicyclic) bond motifs is 3. The second kappa shape index (κ2) is 4.69. The second-order valence-corrected chi connectivity index (χ2v) is 8.22. The van der Waals surface area contributed by atoms with Crippen molar-refractivity contribution in [1.29, 1.82) is 0 Å². The van der Waals surface area contributed by atoms with Crippen molar-refractivity contribution in [3.05, 3.63) is 35.5 Å². The summed E-state index contributed by atoms with van der Waals surface area (Å²) in [4.78, 5) is 12.4. The average molecular weight is 284 g/mol. The molecule has 1 fully saturated rings. The zero-order valence-electron chi connectivity index (χ0n) is 14.0. The van der Waals surface area contributed by atoms with E-state index < -0.39 is 0 Å². The van der Waals surface area contributed by atoms with Gasteiger partial charge in [0.1, 0.15) is 0 Å². The fourth-order valence-corrected chi connectivity index (χ4v) is 4.91. The molecule has 0 radical (unpaired) electrons. The third kappa shape index (κ3) is 2.17. The van der Waals surface area contributed by atoms with Crippen molar-refractivity contribution in [2.75, 3.05) is 0 Å². The summed E-state index contributed by atoms with van der Waals surface area (Å²) >= 11 is 0. The maximum Gasteiger partial charge on any atom is 0.159 e. The molecule has 0 aromatic rings. The zero-order chi connectivity index (χ0) is 15.4. The van der Waals surface area contributed by atoms with E-state index in [1.807, 2.05) is 6.92 Å². The van der Waals surface area contributed by atoms with E-state index in [0.717, 1.165) is 24.8 Å². The van der Waals surface area contributed by atoms with Crippen LogP contribution in [0.15, 0.2) is 35.5 Å². The number of allylic oxidation sites excluding steroid dienone is 5. The monoisotopic (exact) mass is 284 g/mol. The summed E-state index contributed by atoms with van der Waals surface area (Å²) in [5, 5.41) is 0. The summed E-state index contributed by atoms with van der Waals surface area (Å²) in [6.45, 7) is 13.4. The van der Waals surface area contributed by atoms with Gasteiger partial charge >= 0.3 is 0 Å². The lowest BCUT2D eigenvalue weighted by Gasteiger charge is -2.49. The van der Waals surface area contributed by atoms with Crippen molar-refractivity contribution in [3.63, 3.8) is 0 Å². The highest BCUT2D eigenvalue weighted by Crippen LogP contribution is 2.55. The van der Waals surface area contributed by atoms with Gasteiger partial charge in [0.05, 0.1) is 0 Å². The number of hydrogen-bond acceptors (Lipinski definition) is 1. The van der Waals surface area contributed by atoms with Crippen molar-refractivity contribution < 1.29 is 4.79 Å². The number of hydrogen-bond donors (Lipinski definition) is 0. The van der Waals surface area contributed by atoms with Crippen LogP contribution in [0.1, 0.15) is 59.8 Å². The first kappa shape index (κ1) is 14.8. The smallest absolute Gasteiger partial charge is 0.159 e. The Labute approximate surface area is 129 Å². The molecule has 2 bridgehead atoms. The summed E-state index contributed by atoms with van der Waals surface area (Å²) in [5.41, 5.74) is 4.01. The summed E-state index contributed by atoms with van der Waals surface area (Å²) < 4.78 is 0. The minimum atomic E-state index is 0.105. The highest BCUT2D eigenvalue weighted by atomic mass is 16.1. The normalized spacial score (nSPS) is 40.4. The van der Waals surface area contributed by atoms with E-state index in [2.05, 4.69) is 39.5 Å². The Bertz CT molecular complexity index is 560. The Balaban J connectivity index is 2.14. The minimum absolute atomic E-state index is 0.105. The number of Topliss-reactive ketones (excluding diaryl/α,β-unsaturated/α-hetero) is 1. The Kier molecular flexibility index (Phi) is 3.31. The van der Waals surface area contributed by atoms with Crippen LogP contribution >= 0.6 is 0 Å². The number of ketones is 1. The molecule has 0 N–H and O–H groups in total. The van der Waals surface area contributed by atoms with E-state index in [-0.39, 0.29) is 10.8 Å². The Morgan fingerprint density at radius 1 is 1.29 bits per heavy atom. The van der Waals surface area contributed by atoms with E-state index in [1.165, 1.54) is 24.0 Å². The molecule has 3 atom stereocenters. The van der Waals surface area contributed by atoms with E-state index in [1.54, 1.807) is 0 Å². The second-order valence-electron chi connectivity index (χ2n) is 8.22. The van der Waals surface area contributed by atoms with Crippen LogP contribution in [0.2, 0.25) is 0 Å². The van der Waals surface area contributed by atoms with Crippen molar-refractivity contribution in [2.45, 2.75) is 59.8 Å². The van der Waals surface area contributed by atoms with Gasteiger partial charge in [-0.1, -0.05) is 45.1 Å². The fraction of sp³-hybridized carbons (Fsp3) is 0.650. The standard InChI is InChI=1S/C20H28O/c1-13-7-6-9-20(5)10-8-16-14(2)18(21)12-15(11-17(13)20)19(16,3)4/h8,10,15,17H,1,6-7,9,11-12H2,2-5H3/b10-8-/t15-,17-,20+/m1/s1. The Morgan fingerprint density at radius 3 is 2.71 bits per heavy atom. The third-order valence-electron chi connectivity index (χ3n) is 6.62. The van der Waals surface area contributed by atoms with Crippen molar-refractivity contribution in [1.82, 2.24) is 0 Å². The van der Waals surface area contributed by atoms with Gasteiger partial charge in [-0.3, -0.25) is 4.79 Å². The van der Waals surface area contributed by atoms with Crippen LogP contribution in [0.3, 0.4) is 0 Å². The van der Waals surface area contributed by atoms with Gasteiger partial charge in [0.15, 0.2) is 5.78 Å². The quantitative estimate of drug-likeness (QED) is 0.556. The molecule has 3 aliphatic carbocycles. The van der Waals surface area contributed by atoms with Gasteiger partial charge in [-0.2, -0.15) is 0 Å². The molecule has 0 aromatic heterocycles. The van der Waals surface area contributed by atoms with Gasteiger partial charge in [0, 0.05) is 6.42 Å². The van der Waals surface area contributed by atoms with Gasteiger partial charge in [-0.05, 0) is 66.4 Å². The van der Waals surface area contributed by atoms with Crippen LogP contribution in [-0.4, -0.2) is 5.78 Å². The highest BCUT2D eigenvalue weighted by Gasteiger charge is 2.46. The van der Waals surface area contributed by atoms with Crippen LogP contribution in [0, 0.1) is 22.7 Å². The molecule has 1 heteroatoms. The summed E-state index contributed by atoms with van der Waals surface area (Å²) in [7, 11) is 0. The third-order valence-corrected chi connectivity index (χ3v) is 6.62. The molecule has 21 heavy (non-hydrogen) atoms. The molecule has 114 valence electrons. The molecule has 0 aromatic carbocycles. The van der Waals surface area contributed by atoms with Gasteiger partial charge in [0.2, 0.25) is 0 Å². The predicted octanol–water partition coefficient (Wildman–Crippen LogP) is 5.24. The molecule has 0 heterocycles. The maximum atomic E-state index is 12.4. The summed E-state index contributed by atoms with van der Waals surface area (Å²) in [5.74, 6) is 1.34. The van der Waals surface area contributed by atoms with E-state index in [9.17, 15) is 4.79 Å². The first-order valence-corrected chi connectivity index (χ1v) is 8.37. The number of carbonyl (C=O) groups excluding carboxylic acids is 1. The van der Waals surface area contributed by atoms with Crippen LogP contribution in [0.25, 0.3) is 0 Å². The summed E-state index contributed by atoms with van der Waals surface area (Å²) in [6.07, 6.45) is 10.2. The maximum absolute atomic E-state index is 12.4. The Morgan fingerprint density at radius 2 is 2.00 bits per heavy atom. The lowest BCUT2D eigenvalue weighted by atomic mass is 9.55. The van der Waals surface area contributed by atoms with Crippen LogP contribution in [0.5, 0.6) is 0 Å².